The van der Waals surface area contributed by atoms with E-state index in [1.807, 2.05) is 0 Å². The van der Waals surface area contributed by atoms with Crippen molar-refractivity contribution >= 4 is 11.9 Å². The fourth-order valence-electron chi connectivity index (χ4n) is 1.69. The van der Waals surface area contributed by atoms with Gasteiger partial charge < -0.3 is 17.0 Å². The van der Waals surface area contributed by atoms with Crippen LogP contribution >= 0.6 is 0 Å². The van der Waals surface area contributed by atoms with Crippen molar-refractivity contribution < 1.29 is 50.8 Å². The molecule has 76 valence electrons. The fraction of sp³-hybridized carbons (Fsp3) is 0.750. The minimum absolute atomic E-state index is 0. The van der Waals surface area contributed by atoms with Crippen LogP contribution < -0.4 is 34.9 Å². The molecule has 3 N–H and O–H groups in total. The molecule has 5 nitrogen and oxygen atoms in total. The maximum Gasteiger partial charge on any atom is 1.00 e. The Morgan fingerprint density at radius 2 is 1.64 bits per heavy atom. The second-order valence-electron chi connectivity index (χ2n) is 3.24. The summed E-state index contributed by atoms with van der Waals surface area (Å²) in [5.41, 5.74) is 0. The van der Waals surface area contributed by atoms with Gasteiger partial charge in [-0.25, -0.2) is 0 Å². The Kier molecular flexibility index (Phi) is 6.35. The van der Waals surface area contributed by atoms with Crippen LogP contribution in [-0.4, -0.2) is 35.2 Å². The Morgan fingerprint density at radius 1 is 1.21 bits per heavy atom. The first kappa shape index (κ1) is 13.9. The SMILES string of the molecule is O=C(O)C(C(=O)O)C1CCNCC1.[H-].[Na+]. The van der Waals surface area contributed by atoms with Gasteiger partial charge in [-0.1, -0.05) is 0 Å². The van der Waals surface area contributed by atoms with Crippen LogP contribution in [-0.2, 0) is 9.59 Å². The van der Waals surface area contributed by atoms with Crippen molar-refractivity contribution in [3.05, 3.63) is 0 Å². The molecule has 1 heterocycles. The summed E-state index contributed by atoms with van der Waals surface area (Å²) in [6.45, 7) is 1.42. The molecule has 6 heteroatoms. The van der Waals surface area contributed by atoms with E-state index in [2.05, 4.69) is 5.32 Å². The number of aliphatic carboxylic acids is 2. The van der Waals surface area contributed by atoms with Gasteiger partial charge in [0.15, 0.2) is 5.92 Å². The summed E-state index contributed by atoms with van der Waals surface area (Å²) in [6, 6.07) is 0. The number of nitrogens with one attached hydrogen (secondary N) is 1. The van der Waals surface area contributed by atoms with E-state index in [9.17, 15) is 9.59 Å². The molecule has 0 unspecified atom stereocenters. The topological polar surface area (TPSA) is 86.6 Å². The van der Waals surface area contributed by atoms with Crippen molar-refractivity contribution in [3.8, 4) is 0 Å². The van der Waals surface area contributed by atoms with Crippen LogP contribution in [0.1, 0.15) is 14.3 Å². The molecule has 0 bridgehead atoms. The summed E-state index contributed by atoms with van der Waals surface area (Å²) in [4.78, 5) is 21.3. The summed E-state index contributed by atoms with van der Waals surface area (Å²) < 4.78 is 0. The number of carboxylic acids is 2. The first-order chi connectivity index (χ1) is 6.13. The van der Waals surface area contributed by atoms with E-state index in [1.165, 1.54) is 0 Å². The maximum absolute atomic E-state index is 10.6. The Labute approximate surface area is 106 Å². The number of hydrogen-bond acceptors (Lipinski definition) is 3. The van der Waals surface area contributed by atoms with Crippen LogP contribution in [0.3, 0.4) is 0 Å². The number of carbonyl (C=O) groups is 2. The predicted octanol–water partition coefficient (Wildman–Crippen LogP) is -3.11. The van der Waals surface area contributed by atoms with Gasteiger partial charge in [-0.05, 0) is 31.8 Å². The smallest absolute Gasteiger partial charge is 1.00 e. The van der Waals surface area contributed by atoms with Crippen molar-refractivity contribution in [1.82, 2.24) is 5.32 Å². The third-order valence-corrected chi connectivity index (χ3v) is 2.39. The van der Waals surface area contributed by atoms with Crippen LogP contribution in [0, 0.1) is 11.8 Å². The molecule has 0 aromatic rings. The molecule has 0 aromatic carbocycles. The molecule has 0 saturated carbocycles. The van der Waals surface area contributed by atoms with Gasteiger partial charge in [0.05, 0.1) is 0 Å². The summed E-state index contributed by atoms with van der Waals surface area (Å²) >= 11 is 0. The molecule has 0 radical (unpaired) electrons. The monoisotopic (exact) mass is 211 g/mol. The molecule has 1 aliphatic heterocycles. The minimum Gasteiger partial charge on any atom is -1.00 e. The average Bonchev–Trinajstić information content (AvgIpc) is 2.04. The molecule has 1 aliphatic rings. The number of rotatable bonds is 3. The number of piperidine rings is 1. The maximum atomic E-state index is 10.6. The van der Waals surface area contributed by atoms with Crippen LogP contribution in [0.25, 0.3) is 0 Å². The Hall–Kier alpha value is -0.100. The van der Waals surface area contributed by atoms with E-state index in [0.717, 1.165) is 0 Å². The van der Waals surface area contributed by atoms with E-state index < -0.39 is 17.9 Å². The van der Waals surface area contributed by atoms with Crippen molar-refractivity contribution in [2.45, 2.75) is 12.8 Å². The Morgan fingerprint density at radius 3 is 2.00 bits per heavy atom. The van der Waals surface area contributed by atoms with Crippen molar-refractivity contribution in [1.29, 1.82) is 0 Å². The summed E-state index contributed by atoms with van der Waals surface area (Å²) in [5.74, 6) is -3.91. The van der Waals surface area contributed by atoms with Crippen LogP contribution in [0.2, 0.25) is 0 Å². The third-order valence-electron chi connectivity index (χ3n) is 2.39. The molecule has 14 heavy (non-hydrogen) atoms. The van der Waals surface area contributed by atoms with Gasteiger partial charge in [0.25, 0.3) is 0 Å². The van der Waals surface area contributed by atoms with Gasteiger partial charge in [-0.3, -0.25) is 9.59 Å². The van der Waals surface area contributed by atoms with Crippen molar-refractivity contribution in [2.24, 2.45) is 11.8 Å². The minimum atomic E-state index is -1.23. The molecule has 0 spiro atoms. The van der Waals surface area contributed by atoms with E-state index in [4.69, 9.17) is 10.2 Å². The normalized spacial score (nSPS) is 17.5. The van der Waals surface area contributed by atoms with Gasteiger partial charge in [-0.2, -0.15) is 0 Å². The van der Waals surface area contributed by atoms with Gasteiger partial charge in [0.1, 0.15) is 0 Å². The fourth-order valence-corrected chi connectivity index (χ4v) is 1.69. The summed E-state index contributed by atoms with van der Waals surface area (Å²) in [6.07, 6.45) is 1.26. The number of hydrogen-bond donors (Lipinski definition) is 3. The summed E-state index contributed by atoms with van der Waals surface area (Å²) in [7, 11) is 0. The summed E-state index contributed by atoms with van der Waals surface area (Å²) in [5, 5.41) is 20.5. The van der Waals surface area contributed by atoms with E-state index in [-0.39, 0.29) is 36.9 Å². The van der Waals surface area contributed by atoms with Gasteiger partial charge >= 0.3 is 41.5 Å². The molecular weight excluding hydrogens is 197 g/mol. The molecule has 0 aliphatic carbocycles. The molecule has 1 fully saturated rings. The van der Waals surface area contributed by atoms with Gasteiger partial charge in [-0.15, -0.1) is 0 Å². The Bertz CT molecular complexity index is 207. The average molecular weight is 211 g/mol. The molecule has 1 rings (SSSR count). The zero-order chi connectivity index (χ0) is 9.84. The van der Waals surface area contributed by atoms with Crippen molar-refractivity contribution in [3.63, 3.8) is 0 Å². The number of carboxylic acid groups (broad SMARTS) is 2. The molecule has 0 atom stereocenters. The molecule has 0 amide bonds. The predicted molar refractivity (Wildman–Crippen MR) is 45.5 cm³/mol. The molecule has 0 aromatic heterocycles. The zero-order valence-electron chi connectivity index (χ0n) is 9.19. The van der Waals surface area contributed by atoms with E-state index in [1.54, 1.807) is 0 Å². The van der Waals surface area contributed by atoms with E-state index in [0.29, 0.717) is 25.9 Å². The standard InChI is InChI=1S/C8H13NO4.Na.H/c10-7(11)6(8(12)13)5-1-3-9-4-2-5;;/h5-6,9H,1-4H2,(H,10,11)(H,12,13);;/q;+1;-1. The first-order valence-corrected chi connectivity index (χ1v) is 4.29. The van der Waals surface area contributed by atoms with Gasteiger partial charge in [0, 0.05) is 0 Å². The largest absolute Gasteiger partial charge is 1.00 e. The quantitative estimate of drug-likeness (QED) is 0.340. The molecule has 1 saturated heterocycles. The van der Waals surface area contributed by atoms with Crippen LogP contribution in [0.5, 0.6) is 0 Å². The zero-order valence-corrected chi connectivity index (χ0v) is 10.2. The van der Waals surface area contributed by atoms with Crippen LogP contribution in [0.15, 0.2) is 0 Å². The van der Waals surface area contributed by atoms with E-state index >= 15 is 0 Å². The van der Waals surface area contributed by atoms with Crippen LogP contribution in [0.4, 0.5) is 0 Å². The first-order valence-electron chi connectivity index (χ1n) is 4.29. The van der Waals surface area contributed by atoms with Crippen molar-refractivity contribution in [2.75, 3.05) is 13.1 Å². The third kappa shape index (κ3) is 3.57. The Balaban J connectivity index is 0. The second kappa shape index (κ2) is 6.40. The van der Waals surface area contributed by atoms with Gasteiger partial charge in [0.2, 0.25) is 0 Å². The second-order valence-corrected chi connectivity index (χ2v) is 3.24. The molecular formula is C8H14NNaO4.